The second-order valence-electron chi connectivity index (χ2n) is 6.87. The number of carbonyl (C=O) groups excluding carboxylic acids is 3. The number of halogens is 1. The van der Waals surface area contributed by atoms with Gasteiger partial charge in [0.05, 0.1) is 0 Å². The fourth-order valence-corrected chi connectivity index (χ4v) is 2.97. The summed E-state index contributed by atoms with van der Waals surface area (Å²) >= 11 is 0. The number of imide groups is 1. The number of urea groups is 1. The fraction of sp³-hybridized carbons (Fsp3) is 0.526. The van der Waals surface area contributed by atoms with E-state index >= 15 is 0 Å². The van der Waals surface area contributed by atoms with Gasteiger partial charge in [-0.1, -0.05) is 44.7 Å². The Morgan fingerprint density at radius 1 is 1.19 bits per heavy atom. The lowest BCUT2D eigenvalue weighted by Gasteiger charge is -2.21. The van der Waals surface area contributed by atoms with Gasteiger partial charge in [-0.25, -0.2) is 9.18 Å². The van der Waals surface area contributed by atoms with E-state index in [-0.39, 0.29) is 24.8 Å². The highest BCUT2D eigenvalue weighted by atomic mass is 19.1. The molecule has 1 atom stereocenters. The highest BCUT2D eigenvalue weighted by Crippen LogP contribution is 2.23. The molecule has 1 aliphatic heterocycles. The summed E-state index contributed by atoms with van der Waals surface area (Å²) in [6, 6.07) is 5.21. The molecule has 2 rings (SSSR count). The minimum absolute atomic E-state index is 0.205. The minimum atomic E-state index is -0.942. The SMILES string of the molecule is CCCCCCC1(C)NC(=O)N(CC(=O)NCc2ccc(F)cc2)C1=O. The Hall–Kier alpha value is -2.44. The van der Waals surface area contributed by atoms with E-state index in [0.717, 1.165) is 36.1 Å². The fourth-order valence-electron chi connectivity index (χ4n) is 2.97. The second kappa shape index (κ2) is 8.78. The van der Waals surface area contributed by atoms with Gasteiger partial charge in [0.25, 0.3) is 5.91 Å². The number of hydrogen-bond acceptors (Lipinski definition) is 3. The molecule has 2 N–H and O–H groups in total. The number of amides is 4. The third kappa shape index (κ3) is 5.03. The third-order valence-electron chi connectivity index (χ3n) is 4.58. The molecule has 0 aromatic heterocycles. The van der Waals surface area contributed by atoms with E-state index in [1.807, 2.05) is 0 Å². The van der Waals surface area contributed by atoms with Gasteiger partial charge in [0.2, 0.25) is 5.91 Å². The summed E-state index contributed by atoms with van der Waals surface area (Å²) in [5.74, 6) is -1.15. The van der Waals surface area contributed by atoms with Crippen LogP contribution in [-0.4, -0.2) is 34.8 Å². The first-order chi connectivity index (χ1) is 12.4. The molecule has 0 bridgehead atoms. The first-order valence-electron chi connectivity index (χ1n) is 9.01. The summed E-state index contributed by atoms with van der Waals surface area (Å²) in [5, 5.41) is 5.35. The van der Waals surface area contributed by atoms with Crippen molar-refractivity contribution in [3.05, 3.63) is 35.6 Å². The van der Waals surface area contributed by atoms with E-state index in [2.05, 4.69) is 17.6 Å². The number of rotatable bonds is 9. The molecule has 26 heavy (non-hydrogen) atoms. The van der Waals surface area contributed by atoms with Crippen molar-refractivity contribution < 1.29 is 18.8 Å². The first kappa shape index (κ1) is 19.9. The van der Waals surface area contributed by atoms with Gasteiger partial charge in [0, 0.05) is 6.54 Å². The summed E-state index contributed by atoms with van der Waals surface area (Å²) in [6.07, 6.45) is 4.60. The molecule has 0 aliphatic carbocycles. The highest BCUT2D eigenvalue weighted by Gasteiger charge is 2.47. The molecule has 1 heterocycles. The van der Waals surface area contributed by atoms with E-state index in [1.54, 1.807) is 19.1 Å². The zero-order valence-corrected chi connectivity index (χ0v) is 15.3. The monoisotopic (exact) mass is 363 g/mol. The van der Waals surface area contributed by atoms with Crippen LogP contribution in [0.5, 0.6) is 0 Å². The molecule has 4 amide bonds. The predicted octanol–water partition coefficient (Wildman–Crippen LogP) is 2.72. The molecule has 1 aliphatic rings. The number of unbranched alkanes of at least 4 members (excludes halogenated alkanes) is 3. The summed E-state index contributed by atoms with van der Waals surface area (Å²) in [4.78, 5) is 37.7. The summed E-state index contributed by atoms with van der Waals surface area (Å²) in [6.45, 7) is 3.69. The molecule has 1 fully saturated rings. The number of carbonyl (C=O) groups is 3. The van der Waals surface area contributed by atoms with Crippen LogP contribution in [0.3, 0.4) is 0 Å². The maximum atomic E-state index is 12.9. The molecule has 6 nitrogen and oxygen atoms in total. The third-order valence-corrected chi connectivity index (χ3v) is 4.58. The molecule has 0 saturated carbocycles. The second-order valence-corrected chi connectivity index (χ2v) is 6.87. The average Bonchev–Trinajstić information content (AvgIpc) is 2.82. The zero-order chi connectivity index (χ0) is 19.2. The Balaban J connectivity index is 1.85. The molecule has 0 radical (unpaired) electrons. The molecular formula is C19H26FN3O3. The standard InChI is InChI=1S/C19H26FN3O3/c1-3-4-5-6-11-19(2)17(25)23(18(26)22-19)13-16(24)21-12-14-7-9-15(20)10-8-14/h7-10H,3-6,11-13H2,1-2H3,(H,21,24)(H,22,26). The van der Waals surface area contributed by atoms with Crippen LogP contribution in [0.4, 0.5) is 9.18 Å². The van der Waals surface area contributed by atoms with E-state index in [0.29, 0.717) is 6.42 Å². The molecule has 7 heteroatoms. The largest absolute Gasteiger partial charge is 0.350 e. The van der Waals surface area contributed by atoms with Crippen LogP contribution in [0.1, 0.15) is 51.5 Å². The number of nitrogens with one attached hydrogen (secondary N) is 2. The van der Waals surface area contributed by atoms with Crippen LogP contribution in [0, 0.1) is 5.82 Å². The van der Waals surface area contributed by atoms with E-state index in [4.69, 9.17) is 0 Å². The predicted molar refractivity (Wildman–Crippen MR) is 95.7 cm³/mol. The lowest BCUT2D eigenvalue weighted by molar-refractivity contribution is -0.134. The Morgan fingerprint density at radius 3 is 2.54 bits per heavy atom. The molecule has 0 spiro atoms. The number of benzene rings is 1. The maximum Gasteiger partial charge on any atom is 0.325 e. The topological polar surface area (TPSA) is 78.5 Å². The highest BCUT2D eigenvalue weighted by molar-refractivity contribution is 6.08. The Kier molecular flexibility index (Phi) is 6.71. The lowest BCUT2D eigenvalue weighted by Crippen LogP contribution is -2.45. The van der Waals surface area contributed by atoms with Crippen molar-refractivity contribution in [1.29, 1.82) is 0 Å². The van der Waals surface area contributed by atoms with Crippen LogP contribution in [-0.2, 0) is 16.1 Å². The van der Waals surface area contributed by atoms with Crippen molar-refractivity contribution >= 4 is 17.8 Å². The van der Waals surface area contributed by atoms with E-state index in [9.17, 15) is 18.8 Å². The van der Waals surface area contributed by atoms with Gasteiger partial charge < -0.3 is 10.6 Å². The molecule has 142 valence electrons. The smallest absolute Gasteiger partial charge is 0.325 e. The molecular weight excluding hydrogens is 337 g/mol. The molecule has 1 aromatic carbocycles. The van der Waals surface area contributed by atoms with Crippen LogP contribution in [0.25, 0.3) is 0 Å². The van der Waals surface area contributed by atoms with Gasteiger partial charge in [-0.15, -0.1) is 0 Å². The Bertz CT molecular complexity index is 662. The van der Waals surface area contributed by atoms with Gasteiger partial charge >= 0.3 is 6.03 Å². The first-order valence-corrected chi connectivity index (χ1v) is 9.01. The van der Waals surface area contributed by atoms with Crippen LogP contribution in [0.15, 0.2) is 24.3 Å². The van der Waals surface area contributed by atoms with Gasteiger partial charge in [-0.05, 0) is 31.0 Å². The van der Waals surface area contributed by atoms with Crippen LogP contribution >= 0.6 is 0 Å². The zero-order valence-electron chi connectivity index (χ0n) is 15.3. The van der Waals surface area contributed by atoms with Crippen molar-refractivity contribution in [2.75, 3.05) is 6.54 Å². The maximum absolute atomic E-state index is 12.9. The van der Waals surface area contributed by atoms with Crippen molar-refractivity contribution in [3.8, 4) is 0 Å². The number of hydrogen-bond donors (Lipinski definition) is 2. The van der Waals surface area contributed by atoms with Crippen molar-refractivity contribution in [1.82, 2.24) is 15.5 Å². The number of nitrogens with zero attached hydrogens (tertiary/aromatic N) is 1. The molecule has 1 aromatic rings. The minimum Gasteiger partial charge on any atom is -0.350 e. The van der Waals surface area contributed by atoms with Crippen molar-refractivity contribution in [3.63, 3.8) is 0 Å². The van der Waals surface area contributed by atoms with Crippen LogP contribution < -0.4 is 10.6 Å². The molecule has 1 unspecified atom stereocenters. The van der Waals surface area contributed by atoms with Crippen LogP contribution in [0.2, 0.25) is 0 Å². The van der Waals surface area contributed by atoms with Gasteiger partial charge in [0.15, 0.2) is 0 Å². The summed E-state index contributed by atoms with van der Waals surface area (Å²) in [7, 11) is 0. The lowest BCUT2D eigenvalue weighted by atomic mass is 9.94. The average molecular weight is 363 g/mol. The normalized spacial score (nSPS) is 19.6. The van der Waals surface area contributed by atoms with Gasteiger partial charge in [0.1, 0.15) is 17.9 Å². The quantitative estimate of drug-likeness (QED) is 0.523. The summed E-state index contributed by atoms with van der Waals surface area (Å²) < 4.78 is 12.9. The van der Waals surface area contributed by atoms with Crippen molar-refractivity contribution in [2.45, 2.75) is 58.0 Å². The Morgan fingerprint density at radius 2 is 1.88 bits per heavy atom. The van der Waals surface area contributed by atoms with Gasteiger partial charge in [-0.2, -0.15) is 0 Å². The molecule has 1 saturated heterocycles. The summed E-state index contributed by atoms with van der Waals surface area (Å²) in [5.41, 5.74) is -0.208. The van der Waals surface area contributed by atoms with Gasteiger partial charge in [-0.3, -0.25) is 14.5 Å². The Labute approximate surface area is 153 Å². The van der Waals surface area contributed by atoms with E-state index < -0.39 is 17.5 Å². The van der Waals surface area contributed by atoms with Crippen molar-refractivity contribution in [2.24, 2.45) is 0 Å². The van der Waals surface area contributed by atoms with E-state index in [1.165, 1.54) is 12.1 Å².